The third-order valence-corrected chi connectivity index (χ3v) is 7.28. The number of esters is 1. The van der Waals surface area contributed by atoms with Crippen LogP contribution < -0.4 is 11.1 Å². The number of nitrogens with one attached hydrogen (secondary N) is 1. The van der Waals surface area contributed by atoms with E-state index in [9.17, 15) is 39.6 Å². The number of aromatic hydroxyl groups is 1. The number of aliphatic hydroxyl groups excluding tert-OH is 2. The molecule has 1 aromatic rings. The van der Waals surface area contributed by atoms with Gasteiger partial charge in [-0.15, -0.1) is 0 Å². The van der Waals surface area contributed by atoms with E-state index in [1.54, 1.807) is 13.0 Å². The summed E-state index contributed by atoms with van der Waals surface area (Å²) in [5.74, 6) is -9.69. The summed E-state index contributed by atoms with van der Waals surface area (Å²) in [4.78, 5) is 50.8. The summed E-state index contributed by atoms with van der Waals surface area (Å²) >= 11 is 0. The Bertz CT molecular complexity index is 1290. The minimum absolute atomic E-state index is 0.0714. The second-order valence-electron chi connectivity index (χ2n) is 9.08. The van der Waals surface area contributed by atoms with Crippen LogP contribution in [0.1, 0.15) is 43.7 Å². The maximum absolute atomic E-state index is 13.8. The highest BCUT2D eigenvalue weighted by atomic mass is 16.5. The molecule has 1 amide bonds. The van der Waals surface area contributed by atoms with Crippen molar-refractivity contribution in [2.24, 2.45) is 17.6 Å². The van der Waals surface area contributed by atoms with E-state index in [4.69, 9.17) is 10.5 Å². The summed E-state index contributed by atoms with van der Waals surface area (Å²) in [5, 5.41) is 47.2. The Labute approximate surface area is 205 Å². The molecular formula is C25H26N2O9. The van der Waals surface area contributed by atoms with Gasteiger partial charge in [0.05, 0.1) is 11.3 Å². The molecule has 0 radical (unpaired) electrons. The maximum Gasteiger partial charge on any atom is 0.305 e. The highest BCUT2D eigenvalue weighted by molar-refractivity contribution is 6.23. The molecule has 0 spiro atoms. The molecular weight excluding hydrogens is 472 g/mol. The summed E-state index contributed by atoms with van der Waals surface area (Å²) in [6.07, 6.45) is -0.747. The smallest absolute Gasteiger partial charge is 0.305 e. The van der Waals surface area contributed by atoms with Gasteiger partial charge in [0.15, 0.2) is 11.4 Å². The number of carbonyl (C=O) groups is 4. The standard InChI is InChI=1S/C25H26N2O9/c1-4-14(29)36-21-11-8-13(28)17(24(26)34)22(32)25(11,35)23(33)18-15(21)9(3)10-6-7-12(27-5-2)19(30)16(10)20(18)31/h5-7,9,11,15,21,27,30-32,35H,2,4,8H2,1,3H3,(H2,26,34)/t9-,11+,15+,21+,25+/m0/s1. The molecule has 0 aliphatic heterocycles. The van der Waals surface area contributed by atoms with Gasteiger partial charge in [0, 0.05) is 30.3 Å². The Hall–Kier alpha value is -4.12. The summed E-state index contributed by atoms with van der Waals surface area (Å²) in [6, 6.07) is 3.15. The quantitative estimate of drug-likeness (QED) is 0.196. The Morgan fingerprint density at radius 2 is 1.94 bits per heavy atom. The van der Waals surface area contributed by atoms with Crippen molar-refractivity contribution < 1.29 is 44.3 Å². The number of anilines is 1. The van der Waals surface area contributed by atoms with Gasteiger partial charge in [-0.3, -0.25) is 19.2 Å². The lowest BCUT2D eigenvalue weighted by Gasteiger charge is -2.51. The van der Waals surface area contributed by atoms with Gasteiger partial charge in [0.2, 0.25) is 5.78 Å². The minimum Gasteiger partial charge on any atom is -0.508 e. The third kappa shape index (κ3) is 3.23. The van der Waals surface area contributed by atoms with Gasteiger partial charge in [0.1, 0.15) is 28.9 Å². The van der Waals surface area contributed by atoms with Crippen LogP contribution in [0.5, 0.6) is 5.75 Å². The SMILES string of the molecule is C=CNc1ccc2c(c1O)C(O)=C1C(=O)[C@]3(O)C(O)=C(C(N)=O)C(=O)C[C@@H]3[C@@H](OC(=O)CC)[C@@H]1[C@H]2C. The predicted molar refractivity (Wildman–Crippen MR) is 125 cm³/mol. The van der Waals surface area contributed by atoms with Crippen LogP contribution in [0.3, 0.4) is 0 Å². The second kappa shape index (κ2) is 8.52. The molecule has 7 N–H and O–H groups in total. The first-order chi connectivity index (χ1) is 16.9. The lowest BCUT2D eigenvalue weighted by molar-refractivity contribution is -0.178. The number of hydrogen-bond acceptors (Lipinski definition) is 10. The first-order valence-corrected chi connectivity index (χ1v) is 11.3. The number of phenols is 1. The van der Waals surface area contributed by atoms with Crippen molar-refractivity contribution >= 4 is 34.9 Å². The molecule has 1 aromatic carbocycles. The lowest BCUT2D eigenvalue weighted by Crippen LogP contribution is -2.64. The van der Waals surface area contributed by atoms with Gasteiger partial charge in [0.25, 0.3) is 5.91 Å². The number of rotatable bonds is 5. The average Bonchev–Trinajstić information content (AvgIpc) is 2.82. The Kier molecular flexibility index (Phi) is 5.91. The summed E-state index contributed by atoms with van der Waals surface area (Å²) in [5.41, 5.74) is 1.48. The van der Waals surface area contributed by atoms with Crippen LogP contribution in [0.15, 0.2) is 41.8 Å². The largest absolute Gasteiger partial charge is 0.508 e. The van der Waals surface area contributed by atoms with Crippen molar-refractivity contribution in [2.45, 2.75) is 44.3 Å². The highest BCUT2D eigenvalue weighted by Gasteiger charge is 2.66. The van der Waals surface area contributed by atoms with Gasteiger partial charge in [-0.2, -0.15) is 0 Å². The molecule has 5 atom stereocenters. The molecule has 36 heavy (non-hydrogen) atoms. The number of ether oxygens (including phenoxy) is 1. The van der Waals surface area contributed by atoms with Crippen LogP contribution >= 0.6 is 0 Å². The van der Waals surface area contributed by atoms with Crippen LogP contribution in [0.4, 0.5) is 5.69 Å². The van der Waals surface area contributed by atoms with Crippen LogP contribution in [0, 0.1) is 11.8 Å². The van der Waals surface area contributed by atoms with Crippen molar-refractivity contribution in [3.8, 4) is 5.75 Å². The molecule has 190 valence electrons. The normalized spacial score (nSPS) is 29.2. The molecule has 3 aliphatic rings. The highest BCUT2D eigenvalue weighted by Crippen LogP contribution is 2.57. The van der Waals surface area contributed by atoms with Crippen LogP contribution in [-0.2, 0) is 23.9 Å². The summed E-state index contributed by atoms with van der Waals surface area (Å²) in [7, 11) is 0. The van der Waals surface area contributed by atoms with Gasteiger partial charge < -0.3 is 36.2 Å². The van der Waals surface area contributed by atoms with E-state index in [1.165, 1.54) is 19.2 Å². The maximum atomic E-state index is 13.8. The fourth-order valence-electron chi connectivity index (χ4n) is 5.58. The number of primary amides is 1. The molecule has 0 aromatic heterocycles. The van der Waals surface area contributed by atoms with E-state index in [0.29, 0.717) is 5.56 Å². The number of Topliss-reactive ketones (excluding diaryl/α,β-unsaturated/α-hetero) is 2. The minimum atomic E-state index is -2.89. The lowest BCUT2D eigenvalue weighted by atomic mass is 9.55. The monoisotopic (exact) mass is 498 g/mol. The van der Waals surface area contributed by atoms with Gasteiger partial charge >= 0.3 is 5.97 Å². The molecule has 11 nitrogen and oxygen atoms in total. The van der Waals surface area contributed by atoms with E-state index in [0.717, 1.165) is 0 Å². The molecule has 0 heterocycles. The molecule has 4 rings (SSSR count). The zero-order valence-electron chi connectivity index (χ0n) is 19.6. The van der Waals surface area contributed by atoms with E-state index in [-0.39, 0.29) is 17.7 Å². The zero-order valence-corrected chi connectivity index (χ0v) is 19.6. The fourth-order valence-corrected chi connectivity index (χ4v) is 5.58. The number of carbonyl (C=O) groups excluding carboxylic acids is 4. The fraction of sp³-hybridized carbons (Fsp3) is 0.360. The van der Waals surface area contributed by atoms with Crippen molar-refractivity contribution in [1.82, 2.24) is 0 Å². The van der Waals surface area contributed by atoms with Crippen LogP contribution in [0.2, 0.25) is 0 Å². The van der Waals surface area contributed by atoms with Crippen molar-refractivity contribution in [3.05, 3.63) is 52.9 Å². The van der Waals surface area contributed by atoms with Gasteiger partial charge in [-0.05, 0) is 23.7 Å². The number of nitrogens with two attached hydrogens (primary N) is 1. The number of phenolic OH excluding ortho intramolecular Hbond substituents is 1. The average molecular weight is 498 g/mol. The van der Waals surface area contributed by atoms with Crippen molar-refractivity contribution in [3.63, 3.8) is 0 Å². The predicted octanol–water partition coefficient (Wildman–Crippen LogP) is 1.47. The number of benzene rings is 1. The third-order valence-electron chi connectivity index (χ3n) is 7.28. The van der Waals surface area contributed by atoms with E-state index >= 15 is 0 Å². The second-order valence-corrected chi connectivity index (χ2v) is 9.08. The number of hydrogen-bond donors (Lipinski definition) is 6. The molecule has 0 unspecified atom stereocenters. The van der Waals surface area contributed by atoms with Gasteiger partial charge in [-0.25, -0.2) is 0 Å². The topological polar surface area (TPSA) is 196 Å². The Morgan fingerprint density at radius 3 is 2.53 bits per heavy atom. The van der Waals surface area contributed by atoms with Crippen LogP contribution in [-0.4, -0.2) is 55.6 Å². The van der Waals surface area contributed by atoms with Crippen molar-refractivity contribution in [2.75, 3.05) is 5.32 Å². The molecule has 1 fully saturated rings. The summed E-state index contributed by atoms with van der Waals surface area (Å²) < 4.78 is 5.63. The number of fused-ring (bicyclic) bond motifs is 3. The number of aliphatic hydroxyl groups is 3. The van der Waals surface area contributed by atoms with Crippen LogP contribution in [0.25, 0.3) is 5.76 Å². The summed E-state index contributed by atoms with van der Waals surface area (Å²) in [6.45, 7) is 6.73. The molecule has 11 heteroatoms. The Balaban J connectivity index is 2.04. The first-order valence-electron chi connectivity index (χ1n) is 11.3. The molecule has 0 saturated heterocycles. The van der Waals surface area contributed by atoms with E-state index in [2.05, 4.69) is 11.9 Å². The van der Waals surface area contributed by atoms with E-state index in [1.807, 2.05) is 0 Å². The zero-order chi connectivity index (χ0) is 26.7. The van der Waals surface area contributed by atoms with Gasteiger partial charge in [-0.1, -0.05) is 26.5 Å². The van der Waals surface area contributed by atoms with E-state index < -0.39 is 87.7 Å². The Morgan fingerprint density at radius 1 is 1.28 bits per heavy atom. The molecule has 1 saturated carbocycles. The number of ketones is 2. The molecule has 0 bridgehead atoms. The molecule has 3 aliphatic carbocycles. The first kappa shape index (κ1) is 25.0. The van der Waals surface area contributed by atoms with Crippen molar-refractivity contribution in [1.29, 1.82) is 0 Å². The number of amides is 1.